The number of methoxy groups -OCH3 is 3. The molecule has 1 aliphatic heterocycles. The largest absolute Gasteiger partial charge is 0.467 e. The zero-order valence-corrected chi connectivity index (χ0v) is 9.06. The van der Waals surface area contributed by atoms with Crippen molar-refractivity contribution in [3.8, 4) is 0 Å². The van der Waals surface area contributed by atoms with Crippen LogP contribution in [0.1, 0.15) is 12.8 Å². The lowest BCUT2D eigenvalue weighted by molar-refractivity contribution is -0.147. The topological polar surface area (TPSA) is 65.1 Å². The first-order valence-corrected chi connectivity index (χ1v) is 4.62. The summed E-state index contributed by atoms with van der Waals surface area (Å²) in [7, 11) is 4.04. The van der Waals surface area contributed by atoms with Crippen LogP contribution in [0, 0.1) is 0 Å². The molecule has 1 amide bonds. The maximum absolute atomic E-state index is 11.4. The molecular formula is C9H15NO5. The Morgan fingerprint density at radius 3 is 2.27 bits per heavy atom. The van der Waals surface area contributed by atoms with Gasteiger partial charge in [-0.2, -0.15) is 0 Å². The third-order valence-electron chi connectivity index (χ3n) is 2.46. The Bertz CT molecular complexity index is 255. The van der Waals surface area contributed by atoms with E-state index in [2.05, 4.69) is 9.47 Å². The van der Waals surface area contributed by atoms with E-state index >= 15 is 0 Å². The quantitative estimate of drug-likeness (QED) is 0.625. The number of esters is 1. The number of carbonyl (C=O) groups is 2. The normalized spacial score (nSPS) is 25.1. The third-order valence-corrected chi connectivity index (χ3v) is 2.46. The second-order valence-corrected chi connectivity index (χ2v) is 3.18. The number of hydrogen-bond acceptors (Lipinski definition) is 5. The molecule has 0 aromatic carbocycles. The lowest BCUT2D eigenvalue weighted by atomic mass is 10.2. The Kier molecular flexibility index (Phi) is 3.90. The molecule has 0 aromatic rings. The molecule has 86 valence electrons. The minimum Gasteiger partial charge on any atom is -0.467 e. The summed E-state index contributed by atoms with van der Waals surface area (Å²) < 4.78 is 14.3. The van der Waals surface area contributed by atoms with E-state index in [1.165, 1.54) is 26.2 Å². The number of likely N-dealkylation sites (tertiary alicyclic amines) is 1. The first-order chi connectivity index (χ1) is 7.15. The monoisotopic (exact) mass is 217 g/mol. The van der Waals surface area contributed by atoms with Crippen LogP contribution in [0.25, 0.3) is 0 Å². The summed E-state index contributed by atoms with van der Waals surface area (Å²) in [6, 6.07) is -0.604. The van der Waals surface area contributed by atoms with Crippen LogP contribution in [0.5, 0.6) is 0 Å². The predicted octanol–water partition coefficient (Wildman–Crippen LogP) is 0.363. The van der Waals surface area contributed by atoms with Gasteiger partial charge in [0, 0.05) is 7.11 Å². The summed E-state index contributed by atoms with van der Waals surface area (Å²) >= 11 is 0. The summed E-state index contributed by atoms with van der Waals surface area (Å²) in [6.07, 6.45) is 0.141. The minimum absolute atomic E-state index is 0.415. The van der Waals surface area contributed by atoms with Crippen LogP contribution in [-0.2, 0) is 19.0 Å². The van der Waals surface area contributed by atoms with Crippen LogP contribution in [0.3, 0.4) is 0 Å². The van der Waals surface area contributed by atoms with Crippen LogP contribution in [0.2, 0.25) is 0 Å². The number of rotatable bonds is 2. The highest BCUT2D eigenvalue weighted by atomic mass is 16.6. The van der Waals surface area contributed by atoms with Gasteiger partial charge in [-0.3, -0.25) is 4.90 Å². The minimum atomic E-state index is -0.604. The maximum Gasteiger partial charge on any atom is 0.412 e. The molecule has 1 aliphatic rings. The van der Waals surface area contributed by atoms with Crippen molar-refractivity contribution in [3.63, 3.8) is 0 Å². The number of ether oxygens (including phenoxy) is 3. The smallest absolute Gasteiger partial charge is 0.412 e. The molecule has 0 saturated carbocycles. The average Bonchev–Trinajstić information content (AvgIpc) is 2.70. The van der Waals surface area contributed by atoms with Crippen LogP contribution >= 0.6 is 0 Å². The molecule has 1 fully saturated rings. The van der Waals surface area contributed by atoms with Crippen molar-refractivity contribution in [2.45, 2.75) is 25.1 Å². The zero-order valence-electron chi connectivity index (χ0n) is 9.06. The van der Waals surface area contributed by atoms with Crippen LogP contribution in [0.15, 0.2) is 0 Å². The highest BCUT2D eigenvalue weighted by Crippen LogP contribution is 2.26. The molecule has 0 N–H and O–H groups in total. The average molecular weight is 217 g/mol. The van der Waals surface area contributed by atoms with Gasteiger partial charge in [-0.25, -0.2) is 9.59 Å². The molecule has 2 atom stereocenters. The number of nitrogens with zero attached hydrogens (tertiary/aromatic N) is 1. The molecule has 0 aliphatic carbocycles. The lowest BCUT2D eigenvalue weighted by Crippen LogP contribution is -2.45. The van der Waals surface area contributed by atoms with E-state index in [0.29, 0.717) is 12.8 Å². The van der Waals surface area contributed by atoms with Crippen LogP contribution in [-0.4, -0.2) is 50.6 Å². The van der Waals surface area contributed by atoms with Gasteiger partial charge in [0.15, 0.2) is 0 Å². The van der Waals surface area contributed by atoms with E-state index in [9.17, 15) is 9.59 Å². The van der Waals surface area contributed by atoms with Crippen molar-refractivity contribution in [3.05, 3.63) is 0 Å². The van der Waals surface area contributed by atoms with Crippen LogP contribution < -0.4 is 0 Å². The van der Waals surface area contributed by atoms with Crippen molar-refractivity contribution in [1.82, 2.24) is 4.90 Å². The molecule has 0 aromatic heterocycles. The van der Waals surface area contributed by atoms with Gasteiger partial charge in [0.2, 0.25) is 0 Å². The summed E-state index contributed by atoms with van der Waals surface area (Å²) in [4.78, 5) is 24.1. The lowest BCUT2D eigenvalue weighted by Gasteiger charge is -2.26. The van der Waals surface area contributed by atoms with E-state index in [1.807, 2.05) is 0 Å². The first kappa shape index (κ1) is 11.8. The molecular weight excluding hydrogens is 202 g/mol. The summed E-state index contributed by atoms with van der Waals surface area (Å²) in [5, 5.41) is 0. The van der Waals surface area contributed by atoms with Gasteiger partial charge in [-0.05, 0) is 12.8 Å². The summed E-state index contributed by atoms with van der Waals surface area (Å²) in [6.45, 7) is 0. The van der Waals surface area contributed by atoms with Gasteiger partial charge in [-0.15, -0.1) is 0 Å². The fourth-order valence-corrected chi connectivity index (χ4v) is 1.73. The first-order valence-electron chi connectivity index (χ1n) is 4.62. The molecule has 1 saturated heterocycles. The second-order valence-electron chi connectivity index (χ2n) is 3.18. The maximum atomic E-state index is 11.4. The Balaban J connectivity index is 2.80. The molecule has 6 nitrogen and oxygen atoms in total. The van der Waals surface area contributed by atoms with Crippen molar-refractivity contribution in [2.24, 2.45) is 0 Å². The van der Waals surface area contributed by atoms with Crippen LogP contribution in [0.4, 0.5) is 4.79 Å². The highest BCUT2D eigenvalue weighted by Gasteiger charge is 2.42. The Labute approximate surface area is 88.1 Å². The molecule has 0 bridgehead atoms. The Morgan fingerprint density at radius 1 is 1.13 bits per heavy atom. The Hall–Kier alpha value is -1.30. The van der Waals surface area contributed by atoms with E-state index in [0.717, 1.165) is 0 Å². The van der Waals surface area contributed by atoms with Gasteiger partial charge in [-0.1, -0.05) is 0 Å². The molecule has 1 rings (SSSR count). The molecule has 0 unspecified atom stereocenters. The fourth-order valence-electron chi connectivity index (χ4n) is 1.73. The Morgan fingerprint density at radius 2 is 1.80 bits per heavy atom. The molecule has 15 heavy (non-hydrogen) atoms. The summed E-state index contributed by atoms with van der Waals surface area (Å²) in [5.41, 5.74) is 0. The zero-order chi connectivity index (χ0) is 11.4. The molecule has 1 heterocycles. The molecule has 0 spiro atoms. The highest BCUT2D eigenvalue weighted by molar-refractivity contribution is 5.82. The van der Waals surface area contributed by atoms with Crippen molar-refractivity contribution >= 4 is 12.1 Å². The van der Waals surface area contributed by atoms with Crippen molar-refractivity contribution in [1.29, 1.82) is 0 Å². The second kappa shape index (κ2) is 4.97. The van der Waals surface area contributed by atoms with Gasteiger partial charge in [0.1, 0.15) is 12.3 Å². The standard InChI is InChI=1S/C9H15NO5/c1-13-7-5-4-6(8(11)14-2)10(7)9(12)15-3/h6-7H,4-5H2,1-3H3/t6-,7+/m1/s1. The van der Waals surface area contributed by atoms with Gasteiger partial charge in [0.05, 0.1) is 14.2 Å². The summed E-state index contributed by atoms with van der Waals surface area (Å²) in [5.74, 6) is -0.444. The number of amides is 1. The molecule has 0 radical (unpaired) electrons. The van der Waals surface area contributed by atoms with Gasteiger partial charge in [0.25, 0.3) is 0 Å². The van der Waals surface area contributed by atoms with Crippen molar-refractivity contribution < 1.29 is 23.8 Å². The van der Waals surface area contributed by atoms with Gasteiger partial charge >= 0.3 is 12.1 Å². The third kappa shape index (κ3) is 2.20. The van der Waals surface area contributed by atoms with E-state index in [4.69, 9.17) is 4.74 Å². The fraction of sp³-hybridized carbons (Fsp3) is 0.778. The van der Waals surface area contributed by atoms with E-state index in [-0.39, 0.29) is 0 Å². The van der Waals surface area contributed by atoms with Gasteiger partial charge < -0.3 is 14.2 Å². The van der Waals surface area contributed by atoms with E-state index < -0.39 is 24.3 Å². The van der Waals surface area contributed by atoms with Crippen molar-refractivity contribution in [2.75, 3.05) is 21.3 Å². The molecule has 6 heteroatoms. The number of carbonyl (C=O) groups excluding carboxylic acids is 2. The predicted molar refractivity (Wildman–Crippen MR) is 50.1 cm³/mol. The number of hydrogen-bond donors (Lipinski definition) is 0. The SMILES string of the molecule is COC(=O)[C@H]1CC[C@H](OC)N1C(=O)OC. The van der Waals surface area contributed by atoms with E-state index in [1.54, 1.807) is 0 Å².